The number of rotatable bonds is 5. The van der Waals surface area contributed by atoms with Gasteiger partial charge in [0.1, 0.15) is 5.84 Å². The molecule has 20 heavy (non-hydrogen) atoms. The number of alkyl halides is 3. The fourth-order valence-corrected chi connectivity index (χ4v) is 1.79. The van der Waals surface area contributed by atoms with Gasteiger partial charge in [-0.2, -0.15) is 13.2 Å². The first-order valence-corrected chi connectivity index (χ1v) is 6.06. The molecule has 0 aromatic heterocycles. The largest absolute Gasteiger partial charge is 0.416 e. The van der Waals surface area contributed by atoms with Crippen LogP contribution in [0.2, 0.25) is 0 Å². The summed E-state index contributed by atoms with van der Waals surface area (Å²) in [5.74, 6) is 0.0911. The summed E-state index contributed by atoms with van der Waals surface area (Å²) in [5.41, 5.74) is 5.31. The van der Waals surface area contributed by atoms with Gasteiger partial charge in [-0.1, -0.05) is 23.4 Å². The highest BCUT2D eigenvalue weighted by atomic mass is 19.4. The van der Waals surface area contributed by atoms with Gasteiger partial charge < -0.3 is 10.9 Å². The van der Waals surface area contributed by atoms with Crippen molar-refractivity contribution in [1.29, 1.82) is 0 Å². The minimum Gasteiger partial charge on any atom is -0.409 e. The lowest BCUT2D eigenvalue weighted by molar-refractivity contribution is -0.137. The highest BCUT2D eigenvalue weighted by Crippen LogP contribution is 2.29. The maximum atomic E-state index is 12.6. The van der Waals surface area contributed by atoms with Crippen LogP contribution in [-0.2, 0) is 12.7 Å². The van der Waals surface area contributed by atoms with E-state index < -0.39 is 11.7 Å². The lowest BCUT2D eigenvalue weighted by Crippen LogP contribution is -2.32. The van der Waals surface area contributed by atoms with E-state index in [1.807, 2.05) is 11.8 Å². The Morgan fingerprint density at radius 2 is 2.10 bits per heavy atom. The molecule has 0 amide bonds. The van der Waals surface area contributed by atoms with Crippen LogP contribution < -0.4 is 5.73 Å². The minimum absolute atomic E-state index is 0.0551. The third-order valence-electron chi connectivity index (χ3n) is 3.07. The lowest BCUT2D eigenvalue weighted by atomic mass is 10.1. The molecule has 0 spiro atoms. The van der Waals surface area contributed by atoms with Gasteiger partial charge in [-0.15, -0.1) is 0 Å². The molecule has 0 heterocycles. The molecule has 0 saturated heterocycles. The fourth-order valence-electron chi connectivity index (χ4n) is 1.79. The molecule has 1 rings (SSSR count). The van der Waals surface area contributed by atoms with E-state index in [1.54, 1.807) is 13.1 Å². The molecule has 7 heteroatoms. The highest BCUT2D eigenvalue weighted by molar-refractivity contribution is 5.80. The highest BCUT2D eigenvalue weighted by Gasteiger charge is 2.30. The number of hydrogen-bond donors (Lipinski definition) is 2. The Kier molecular flexibility index (Phi) is 5.38. The summed E-state index contributed by atoms with van der Waals surface area (Å²) in [6.45, 7) is 2.20. The molecule has 0 fully saturated rings. The molecule has 0 saturated carbocycles. The van der Waals surface area contributed by atoms with Crippen molar-refractivity contribution < 1.29 is 18.4 Å². The second kappa shape index (κ2) is 6.60. The van der Waals surface area contributed by atoms with Gasteiger partial charge >= 0.3 is 6.18 Å². The molecule has 1 atom stereocenters. The van der Waals surface area contributed by atoms with E-state index in [1.165, 1.54) is 6.07 Å². The van der Waals surface area contributed by atoms with Gasteiger partial charge in [0, 0.05) is 19.0 Å². The zero-order chi connectivity index (χ0) is 15.3. The van der Waals surface area contributed by atoms with Crippen molar-refractivity contribution in [2.45, 2.75) is 32.1 Å². The van der Waals surface area contributed by atoms with Gasteiger partial charge in [-0.3, -0.25) is 4.90 Å². The Bertz CT molecular complexity index is 474. The molecule has 112 valence electrons. The number of nitrogens with zero attached hydrogens (tertiary/aromatic N) is 2. The molecule has 1 aromatic carbocycles. The number of hydrogen-bond acceptors (Lipinski definition) is 3. The van der Waals surface area contributed by atoms with Crippen molar-refractivity contribution in [2.24, 2.45) is 10.9 Å². The molecule has 4 nitrogen and oxygen atoms in total. The fraction of sp³-hybridized carbons (Fsp3) is 0.462. The van der Waals surface area contributed by atoms with Crippen LogP contribution in [0.4, 0.5) is 13.2 Å². The normalized spacial score (nSPS) is 14.6. The summed E-state index contributed by atoms with van der Waals surface area (Å²) in [5, 5.41) is 11.4. The Balaban J connectivity index is 2.73. The van der Waals surface area contributed by atoms with Crippen molar-refractivity contribution >= 4 is 5.84 Å². The molecule has 1 aromatic rings. The van der Waals surface area contributed by atoms with Gasteiger partial charge in [0.25, 0.3) is 0 Å². The zero-order valence-corrected chi connectivity index (χ0v) is 11.4. The number of oxime groups is 1. The van der Waals surface area contributed by atoms with Gasteiger partial charge in [0.2, 0.25) is 0 Å². The zero-order valence-electron chi connectivity index (χ0n) is 11.4. The van der Waals surface area contributed by atoms with Crippen LogP contribution in [0.1, 0.15) is 24.5 Å². The maximum absolute atomic E-state index is 12.6. The summed E-state index contributed by atoms with van der Waals surface area (Å²) in [6.07, 6.45) is -4.00. The Morgan fingerprint density at radius 3 is 2.65 bits per heavy atom. The van der Waals surface area contributed by atoms with Gasteiger partial charge in [-0.25, -0.2) is 0 Å². The average Bonchev–Trinajstić information content (AvgIpc) is 2.37. The third kappa shape index (κ3) is 4.73. The molecule has 1 unspecified atom stereocenters. The first-order valence-electron chi connectivity index (χ1n) is 6.06. The number of nitrogens with two attached hydrogens (primary N) is 1. The van der Waals surface area contributed by atoms with E-state index in [9.17, 15) is 13.2 Å². The second-order valence-electron chi connectivity index (χ2n) is 4.76. The van der Waals surface area contributed by atoms with Crippen LogP contribution in [0.3, 0.4) is 0 Å². The average molecular weight is 289 g/mol. The first-order chi connectivity index (χ1) is 9.24. The predicted octanol–water partition coefficient (Wildman–Crippen LogP) is 2.66. The van der Waals surface area contributed by atoms with Crippen LogP contribution in [0, 0.1) is 0 Å². The van der Waals surface area contributed by atoms with Crippen molar-refractivity contribution in [1.82, 2.24) is 4.90 Å². The van der Waals surface area contributed by atoms with Crippen molar-refractivity contribution in [3.05, 3.63) is 35.4 Å². The molecular formula is C13H18F3N3O. The van der Waals surface area contributed by atoms with Gasteiger partial charge in [0.15, 0.2) is 0 Å². The third-order valence-corrected chi connectivity index (χ3v) is 3.07. The topological polar surface area (TPSA) is 61.9 Å². The molecule has 0 aliphatic rings. The van der Waals surface area contributed by atoms with Crippen LogP contribution in [0.25, 0.3) is 0 Å². The van der Waals surface area contributed by atoms with Crippen molar-refractivity contribution in [2.75, 3.05) is 7.05 Å². The molecule has 0 bridgehead atoms. The Hall–Kier alpha value is -1.76. The Morgan fingerprint density at radius 1 is 1.45 bits per heavy atom. The number of benzene rings is 1. The predicted molar refractivity (Wildman–Crippen MR) is 70.4 cm³/mol. The molecule has 3 N–H and O–H groups in total. The SMILES string of the molecule is CC(CC(N)=NO)N(C)Cc1cccc(C(F)(F)F)c1. The minimum atomic E-state index is -4.34. The van der Waals surface area contributed by atoms with E-state index in [4.69, 9.17) is 10.9 Å². The quantitative estimate of drug-likeness (QED) is 0.379. The van der Waals surface area contributed by atoms with E-state index in [0.717, 1.165) is 12.1 Å². The standard InChI is InChI=1S/C13H18F3N3O/c1-9(6-12(17)18-20)19(2)8-10-4-3-5-11(7-10)13(14,15)16/h3-5,7,9,20H,6,8H2,1-2H3,(H2,17,18). The molecule has 0 radical (unpaired) electrons. The monoisotopic (exact) mass is 289 g/mol. The smallest absolute Gasteiger partial charge is 0.409 e. The second-order valence-corrected chi connectivity index (χ2v) is 4.76. The van der Waals surface area contributed by atoms with Crippen LogP contribution in [0.5, 0.6) is 0 Å². The number of amidine groups is 1. The van der Waals surface area contributed by atoms with E-state index >= 15 is 0 Å². The van der Waals surface area contributed by atoms with Crippen LogP contribution in [-0.4, -0.2) is 29.0 Å². The Labute approximate surface area is 115 Å². The van der Waals surface area contributed by atoms with Gasteiger partial charge in [0.05, 0.1) is 5.56 Å². The molecule has 0 aliphatic heterocycles. The summed E-state index contributed by atoms with van der Waals surface area (Å²) in [4.78, 5) is 1.84. The summed E-state index contributed by atoms with van der Waals surface area (Å²) >= 11 is 0. The molecular weight excluding hydrogens is 271 g/mol. The van der Waals surface area contributed by atoms with Crippen molar-refractivity contribution in [3.8, 4) is 0 Å². The van der Waals surface area contributed by atoms with E-state index in [0.29, 0.717) is 18.5 Å². The summed E-state index contributed by atoms with van der Waals surface area (Å²) < 4.78 is 37.8. The first kappa shape index (κ1) is 16.3. The van der Waals surface area contributed by atoms with Gasteiger partial charge in [-0.05, 0) is 25.6 Å². The van der Waals surface area contributed by atoms with Crippen molar-refractivity contribution in [3.63, 3.8) is 0 Å². The maximum Gasteiger partial charge on any atom is 0.416 e. The van der Waals surface area contributed by atoms with Crippen LogP contribution in [0.15, 0.2) is 29.4 Å². The summed E-state index contributed by atoms with van der Waals surface area (Å²) in [6, 6.07) is 5.15. The van der Waals surface area contributed by atoms with Crippen LogP contribution >= 0.6 is 0 Å². The van der Waals surface area contributed by atoms with E-state index in [2.05, 4.69) is 5.16 Å². The number of halogens is 3. The lowest BCUT2D eigenvalue weighted by Gasteiger charge is -2.24. The molecule has 0 aliphatic carbocycles. The van der Waals surface area contributed by atoms with E-state index in [-0.39, 0.29) is 11.9 Å². The summed E-state index contributed by atoms with van der Waals surface area (Å²) in [7, 11) is 1.77.